The smallest absolute Gasteiger partial charge is 0.0405 e. The van der Waals surface area contributed by atoms with E-state index in [1.165, 1.54) is 16.7 Å². The van der Waals surface area contributed by atoms with Gasteiger partial charge in [0.05, 0.1) is 0 Å². The molecule has 0 atom stereocenters. The minimum atomic E-state index is 1.10. The Balaban J connectivity index is 0.000000191. The van der Waals surface area contributed by atoms with Gasteiger partial charge in [0.1, 0.15) is 0 Å². The Labute approximate surface area is 116 Å². The van der Waals surface area contributed by atoms with Crippen molar-refractivity contribution in [2.45, 2.75) is 48.5 Å². The average Bonchev–Trinajstić information content (AvgIpc) is 2.33. The zero-order valence-electron chi connectivity index (χ0n) is 13.1. The zero-order valence-corrected chi connectivity index (χ0v) is 13.1. The van der Waals surface area contributed by atoms with Crippen LogP contribution in [0.25, 0.3) is 0 Å². The van der Waals surface area contributed by atoms with Gasteiger partial charge in [-0.15, -0.1) is 0 Å². The van der Waals surface area contributed by atoms with Gasteiger partial charge in [-0.1, -0.05) is 12.1 Å². The van der Waals surface area contributed by atoms with E-state index >= 15 is 0 Å². The van der Waals surface area contributed by atoms with Gasteiger partial charge in [-0.2, -0.15) is 0 Å². The van der Waals surface area contributed by atoms with Crippen molar-refractivity contribution in [3.63, 3.8) is 0 Å². The van der Waals surface area contributed by atoms with E-state index in [-0.39, 0.29) is 0 Å². The highest BCUT2D eigenvalue weighted by atomic mass is 14.7. The molecule has 0 aliphatic rings. The molecule has 0 unspecified atom stereocenters. The Morgan fingerprint density at radius 1 is 0.579 bits per heavy atom. The van der Waals surface area contributed by atoms with Crippen LogP contribution >= 0.6 is 0 Å². The Bertz CT molecular complexity index is 521. The summed E-state index contributed by atoms with van der Waals surface area (Å²) in [5, 5.41) is 0. The summed E-state index contributed by atoms with van der Waals surface area (Å²) in [7, 11) is 0. The lowest BCUT2D eigenvalue weighted by Gasteiger charge is -2.03. The van der Waals surface area contributed by atoms with E-state index in [4.69, 9.17) is 0 Å². The number of aryl methyl sites for hydroxylation is 7. The van der Waals surface area contributed by atoms with E-state index < -0.39 is 0 Å². The maximum atomic E-state index is 4.37. The van der Waals surface area contributed by atoms with Gasteiger partial charge < -0.3 is 0 Å². The molecule has 2 nitrogen and oxygen atoms in total. The summed E-state index contributed by atoms with van der Waals surface area (Å²) < 4.78 is 0. The fourth-order valence-electron chi connectivity index (χ4n) is 1.72. The quantitative estimate of drug-likeness (QED) is 0.701. The molecule has 2 rings (SSSR count). The molecule has 0 radical (unpaired) electrons. The molecule has 0 saturated heterocycles. The molecule has 2 heterocycles. The fourth-order valence-corrected chi connectivity index (χ4v) is 1.72. The normalized spacial score (nSPS) is 9.84. The fraction of sp³-hybridized carbons (Fsp3) is 0.412. The summed E-state index contributed by atoms with van der Waals surface area (Å²) in [6.07, 6.45) is 0. The molecule has 0 aromatic carbocycles. The molecule has 0 amide bonds. The largest absolute Gasteiger partial charge is 0.258 e. The van der Waals surface area contributed by atoms with Gasteiger partial charge in [0.15, 0.2) is 0 Å². The van der Waals surface area contributed by atoms with E-state index in [0.29, 0.717) is 0 Å². The van der Waals surface area contributed by atoms with Crippen LogP contribution in [0.4, 0.5) is 0 Å². The molecule has 2 aromatic heterocycles. The Morgan fingerprint density at radius 3 is 1.42 bits per heavy atom. The molecule has 0 N–H and O–H groups in total. The number of pyridine rings is 2. The molecule has 0 spiro atoms. The van der Waals surface area contributed by atoms with E-state index in [1.54, 1.807) is 0 Å². The van der Waals surface area contributed by atoms with E-state index in [1.807, 2.05) is 33.8 Å². The number of nitrogens with zero attached hydrogens (tertiary/aromatic N) is 2. The lowest BCUT2D eigenvalue weighted by Crippen LogP contribution is -1.92. The Hall–Kier alpha value is -1.70. The average molecular weight is 256 g/mol. The maximum Gasteiger partial charge on any atom is 0.0405 e. The second-order valence-electron chi connectivity index (χ2n) is 5.15. The second kappa shape index (κ2) is 6.46. The van der Waals surface area contributed by atoms with Gasteiger partial charge >= 0.3 is 0 Å². The summed E-state index contributed by atoms with van der Waals surface area (Å²) in [6.45, 7) is 14.4. The molecule has 0 bridgehead atoms. The monoisotopic (exact) mass is 256 g/mol. The molecule has 0 saturated carbocycles. The summed E-state index contributed by atoms with van der Waals surface area (Å²) in [4.78, 5) is 8.65. The first kappa shape index (κ1) is 15.4. The summed E-state index contributed by atoms with van der Waals surface area (Å²) in [5.74, 6) is 0. The lowest BCUT2D eigenvalue weighted by molar-refractivity contribution is 1.06. The third-order valence-corrected chi connectivity index (χ3v) is 3.40. The van der Waals surface area contributed by atoms with Crippen LogP contribution in [-0.2, 0) is 0 Å². The maximum absolute atomic E-state index is 4.37. The predicted molar refractivity (Wildman–Crippen MR) is 81.6 cm³/mol. The highest BCUT2D eigenvalue weighted by molar-refractivity contribution is 5.27. The van der Waals surface area contributed by atoms with Crippen LogP contribution < -0.4 is 0 Å². The Kier molecular flexibility index (Phi) is 5.22. The van der Waals surface area contributed by atoms with Crippen molar-refractivity contribution in [3.8, 4) is 0 Å². The number of hydrogen-bond acceptors (Lipinski definition) is 2. The molecule has 2 aromatic rings. The van der Waals surface area contributed by atoms with Crippen LogP contribution in [-0.4, -0.2) is 9.97 Å². The van der Waals surface area contributed by atoms with Gasteiger partial charge in [0, 0.05) is 22.8 Å². The van der Waals surface area contributed by atoms with Crippen LogP contribution in [0.1, 0.15) is 39.5 Å². The van der Waals surface area contributed by atoms with Gasteiger partial charge in [-0.05, 0) is 71.2 Å². The minimum absolute atomic E-state index is 1.10. The van der Waals surface area contributed by atoms with Gasteiger partial charge in [0.25, 0.3) is 0 Å². The minimum Gasteiger partial charge on any atom is -0.258 e. The predicted octanol–water partition coefficient (Wildman–Crippen LogP) is 4.32. The van der Waals surface area contributed by atoms with Gasteiger partial charge in [-0.3, -0.25) is 9.97 Å². The molecule has 102 valence electrons. The molecule has 0 fully saturated rings. The van der Waals surface area contributed by atoms with Crippen molar-refractivity contribution in [1.82, 2.24) is 9.97 Å². The van der Waals surface area contributed by atoms with E-state index in [9.17, 15) is 0 Å². The first-order valence-electron chi connectivity index (χ1n) is 6.63. The van der Waals surface area contributed by atoms with Crippen molar-refractivity contribution >= 4 is 0 Å². The SMILES string of the molecule is Cc1cc(C)c(C)nc1C.Cc1ccc(C)c(C)n1. The second-order valence-corrected chi connectivity index (χ2v) is 5.15. The van der Waals surface area contributed by atoms with Crippen molar-refractivity contribution in [2.75, 3.05) is 0 Å². The Morgan fingerprint density at radius 2 is 1.05 bits per heavy atom. The molecular formula is C17H24N2. The zero-order chi connectivity index (χ0) is 14.6. The van der Waals surface area contributed by atoms with Crippen LogP contribution in [0, 0.1) is 48.5 Å². The van der Waals surface area contributed by atoms with Crippen molar-refractivity contribution in [2.24, 2.45) is 0 Å². The summed E-state index contributed by atoms with van der Waals surface area (Å²) >= 11 is 0. The highest BCUT2D eigenvalue weighted by Gasteiger charge is 1.96. The highest BCUT2D eigenvalue weighted by Crippen LogP contribution is 2.09. The van der Waals surface area contributed by atoms with Crippen LogP contribution in [0.2, 0.25) is 0 Å². The van der Waals surface area contributed by atoms with E-state index in [2.05, 4.69) is 42.9 Å². The molecule has 19 heavy (non-hydrogen) atoms. The first-order valence-corrected chi connectivity index (χ1v) is 6.63. The number of aromatic nitrogens is 2. The third kappa shape index (κ3) is 4.47. The van der Waals surface area contributed by atoms with E-state index in [0.717, 1.165) is 22.8 Å². The molecule has 0 aliphatic heterocycles. The summed E-state index contributed by atoms with van der Waals surface area (Å²) in [5.41, 5.74) is 8.34. The summed E-state index contributed by atoms with van der Waals surface area (Å²) in [6, 6.07) is 6.30. The van der Waals surface area contributed by atoms with Crippen LogP contribution in [0.15, 0.2) is 18.2 Å². The van der Waals surface area contributed by atoms with Gasteiger partial charge in [0.2, 0.25) is 0 Å². The third-order valence-electron chi connectivity index (χ3n) is 3.40. The van der Waals surface area contributed by atoms with Crippen LogP contribution in [0.5, 0.6) is 0 Å². The number of hydrogen-bond donors (Lipinski definition) is 0. The van der Waals surface area contributed by atoms with Crippen molar-refractivity contribution in [1.29, 1.82) is 0 Å². The van der Waals surface area contributed by atoms with Crippen molar-refractivity contribution in [3.05, 3.63) is 57.7 Å². The number of rotatable bonds is 0. The molecule has 2 heteroatoms. The molecular weight excluding hydrogens is 232 g/mol. The van der Waals surface area contributed by atoms with Crippen LogP contribution in [0.3, 0.4) is 0 Å². The standard InChI is InChI=1S/C9H13N.C8H11N/c1-6-5-7(2)9(4)10-8(6)3;1-6-4-5-7(2)9-8(6)3/h5H,1-4H3;4-5H,1-3H3. The first-order chi connectivity index (χ1) is 8.81. The lowest BCUT2D eigenvalue weighted by atomic mass is 10.1. The van der Waals surface area contributed by atoms with Crippen molar-refractivity contribution < 1.29 is 0 Å². The van der Waals surface area contributed by atoms with Gasteiger partial charge in [-0.25, -0.2) is 0 Å². The molecule has 0 aliphatic carbocycles. The topological polar surface area (TPSA) is 25.8 Å².